The lowest BCUT2D eigenvalue weighted by Gasteiger charge is -2.38. The average molecular weight is 496 g/mol. The number of benzene rings is 1. The largest absolute Gasteiger partial charge is 0.383 e. The number of anilines is 1. The third-order valence-corrected chi connectivity index (χ3v) is 8.78. The Morgan fingerprint density at radius 3 is 2.78 bits per heavy atom. The molecular formula is C28H37N3O5. The summed E-state index contributed by atoms with van der Waals surface area (Å²) in [5.74, 6) is -1.29. The van der Waals surface area contributed by atoms with E-state index in [2.05, 4.69) is 24.5 Å². The van der Waals surface area contributed by atoms with Crippen molar-refractivity contribution in [1.82, 2.24) is 10.2 Å². The van der Waals surface area contributed by atoms with E-state index in [9.17, 15) is 14.4 Å². The zero-order valence-electron chi connectivity index (χ0n) is 21.5. The molecule has 2 N–H and O–H groups in total. The number of carbonyl (C=O) groups excluding carboxylic acids is 3. The fraction of sp³-hybridized carbons (Fsp3) is 0.607. The molecule has 8 nitrogen and oxygen atoms in total. The van der Waals surface area contributed by atoms with Crippen molar-refractivity contribution in [2.75, 3.05) is 25.6 Å². The van der Waals surface area contributed by atoms with Gasteiger partial charge >= 0.3 is 0 Å². The summed E-state index contributed by atoms with van der Waals surface area (Å²) in [5, 5.41) is 6.23. The second-order valence-corrected chi connectivity index (χ2v) is 11.0. The van der Waals surface area contributed by atoms with E-state index in [0.717, 1.165) is 24.8 Å². The number of amides is 3. The van der Waals surface area contributed by atoms with Crippen LogP contribution >= 0.6 is 0 Å². The number of fused-ring (bicyclic) bond motifs is 1. The topological polar surface area (TPSA) is 97.0 Å². The molecule has 0 radical (unpaired) electrons. The Labute approximate surface area is 212 Å². The SMILES string of the molecule is COCCN1C(=O)[C@@H]2[C@H](C(=O)Nc3cccc(C)c3)[C@@H]3C=C[C@@]2(O3)[C@@H]1C(=O)N[C@@H]1CCC[C@H](C)[C@H]1C. The molecule has 0 unspecified atom stereocenters. The number of aryl methyl sites for hydroxylation is 1. The summed E-state index contributed by atoms with van der Waals surface area (Å²) in [6.45, 7) is 6.92. The molecule has 8 atom stereocenters. The summed E-state index contributed by atoms with van der Waals surface area (Å²) < 4.78 is 11.7. The molecule has 1 spiro atoms. The average Bonchev–Trinajstić information content (AvgIpc) is 3.48. The van der Waals surface area contributed by atoms with Crippen LogP contribution < -0.4 is 10.6 Å². The molecule has 36 heavy (non-hydrogen) atoms. The van der Waals surface area contributed by atoms with Gasteiger partial charge in [-0.25, -0.2) is 0 Å². The van der Waals surface area contributed by atoms with E-state index in [1.807, 2.05) is 43.3 Å². The van der Waals surface area contributed by atoms with Crippen LogP contribution in [0.15, 0.2) is 36.4 Å². The quantitative estimate of drug-likeness (QED) is 0.567. The number of likely N-dealkylation sites (tertiary alicyclic amines) is 1. The number of methoxy groups -OCH3 is 1. The number of nitrogens with zero attached hydrogens (tertiary/aromatic N) is 1. The van der Waals surface area contributed by atoms with E-state index in [-0.39, 0.29) is 30.3 Å². The standard InChI is InChI=1S/C28H37N3O5/c1-16-7-5-9-19(15-16)29-25(32)22-21-11-12-28(36-21)23(22)27(34)31(13-14-35-4)24(28)26(33)30-20-10-6-8-17(2)18(20)3/h5,7,9,11-12,15,17-18,20-24H,6,8,10,13-14H2,1-4H3,(H,29,32)(H,30,33)/t17-,18+,20+,21-,22+,23-,24-,28-/m0/s1. The molecule has 2 saturated heterocycles. The third kappa shape index (κ3) is 4.04. The van der Waals surface area contributed by atoms with Gasteiger partial charge in [-0.3, -0.25) is 14.4 Å². The van der Waals surface area contributed by atoms with Gasteiger partial charge in [0.2, 0.25) is 17.7 Å². The van der Waals surface area contributed by atoms with Crippen LogP contribution in [0.4, 0.5) is 5.69 Å². The predicted molar refractivity (Wildman–Crippen MR) is 135 cm³/mol. The Kier molecular flexibility index (Phi) is 6.68. The molecular weight excluding hydrogens is 458 g/mol. The third-order valence-electron chi connectivity index (χ3n) is 8.78. The number of nitrogens with one attached hydrogen (secondary N) is 2. The van der Waals surface area contributed by atoms with Crippen molar-refractivity contribution in [2.45, 2.75) is 63.8 Å². The molecule has 1 aromatic rings. The first-order valence-electron chi connectivity index (χ1n) is 13.1. The molecule has 1 saturated carbocycles. The van der Waals surface area contributed by atoms with Gasteiger partial charge in [-0.1, -0.05) is 51.0 Å². The summed E-state index contributed by atoms with van der Waals surface area (Å²) in [7, 11) is 1.57. The maximum absolute atomic E-state index is 13.9. The minimum Gasteiger partial charge on any atom is -0.383 e. The van der Waals surface area contributed by atoms with E-state index in [0.29, 0.717) is 24.1 Å². The van der Waals surface area contributed by atoms with Crippen molar-refractivity contribution in [3.05, 3.63) is 42.0 Å². The Hall–Kier alpha value is -2.71. The van der Waals surface area contributed by atoms with Crippen LogP contribution in [0.5, 0.6) is 0 Å². The zero-order chi connectivity index (χ0) is 25.6. The lowest BCUT2D eigenvalue weighted by Crippen LogP contribution is -2.58. The van der Waals surface area contributed by atoms with Gasteiger partial charge in [0.25, 0.3) is 0 Å². The van der Waals surface area contributed by atoms with Crippen molar-refractivity contribution in [3.8, 4) is 0 Å². The minimum atomic E-state index is -1.16. The summed E-state index contributed by atoms with van der Waals surface area (Å²) in [5.41, 5.74) is 0.550. The molecule has 5 rings (SSSR count). The van der Waals surface area contributed by atoms with E-state index in [4.69, 9.17) is 9.47 Å². The Bertz CT molecular complexity index is 1070. The summed E-state index contributed by atoms with van der Waals surface area (Å²) in [6, 6.07) is 6.77. The van der Waals surface area contributed by atoms with Gasteiger partial charge in [-0.15, -0.1) is 0 Å². The molecule has 3 amide bonds. The lowest BCUT2D eigenvalue weighted by atomic mass is 9.73. The monoisotopic (exact) mass is 495 g/mol. The maximum atomic E-state index is 13.9. The zero-order valence-corrected chi connectivity index (χ0v) is 21.5. The first-order valence-corrected chi connectivity index (χ1v) is 13.1. The van der Waals surface area contributed by atoms with Crippen LogP contribution in [0.3, 0.4) is 0 Å². The highest BCUT2D eigenvalue weighted by atomic mass is 16.5. The van der Waals surface area contributed by atoms with E-state index in [1.165, 1.54) is 0 Å². The molecule has 1 aliphatic carbocycles. The van der Waals surface area contributed by atoms with Gasteiger partial charge in [0, 0.05) is 25.4 Å². The molecule has 4 aliphatic rings. The molecule has 2 bridgehead atoms. The first kappa shape index (κ1) is 25.0. The fourth-order valence-electron chi connectivity index (χ4n) is 6.69. The molecule has 3 fully saturated rings. The van der Waals surface area contributed by atoms with Crippen LogP contribution in [0.2, 0.25) is 0 Å². The number of hydrogen-bond donors (Lipinski definition) is 2. The summed E-state index contributed by atoms with van der Waals surface area (Å²) >= 11 is 0. The Morgan fingerprint density at radius 2 is 2.03 bits per heavy atom. The highest BCUT2D eigenvalue weighted by molar-refractivity contribution is 6.02. The smallest absolute Gasteiger partial charge is 0.246 e. The number of ether oxygens (including phenoxy) is 2. The van der Waals surface area contributed by atoms with Gasteiger partial charge in [0.1, 0.15) is 11.6 Å². The second kappa shape index (κ2) is 9.63. The molecule has 194 valence electrons. The Balaban J connectivity index is 1.43. The maximum Gasteiger partial charge on any atom is 0.246 e. The predicted octanol–water partition coefficient (Wildman–Crippen LogP) is 2.67. The highest BCUT2D eigenvalue weighted by Crippen LogP contribution is 2.55. The van der Waals surface area contributed by atoms with Crippen LogP contribution in [0.1, 0.15) is 38.7 Å². The van der Waals surface area contributed by atoms with E-state index in [1.54, 1.807) is 12.0 Å². The van der Waals surface area contributed by atoms with Gasteiger partial charge in [-0.05, 0) is 42.9 Å². The van der Waals surface area contributed by atoms with Crippen molar-refractivity contribution in [1.29, 1.82) is 0 Å². The number of hydrogen-bond acceptors (Lipinski definition) is 5. The van der Waals surface area contributed by atoms with Crippen molar-refractivity contribution < 1.29 is 23.9 Å². The van der Waals surface area contributed by atoms with Crippen molar-refractivity contribution in [2.24, 2.45) is 23.7 Å². The number of rotatable bonds is 7. The summed E-state index contributed by atoms with van der Waals surface area (Å²) in [6.07, 6.45) is 6.30. The minimum absolute atomic E-state index is 0.0547. The summed E-state index contributed by atoms with van der Waals surface area (Å²) in [4.78, 5) is 42.7. The van der Waals surface area contributed by atoms with Gasteiger partial charge in [0.15, 0.2) is 0 Å². The van der Waals surface area contributed by atoms with Crippen LogP contribution in [-0.2, 0) is 23.9 Å². The van der Waals surface area contributed by atoms with Crippen LogP contribution in [-0.4, -0.2) is 66.7 Å². The van der Waals surface area contributed by atoms with Crippen LogP contribution in [0.25, 0.3) is 0 Å². The van der Waals surface area contributed by atoms with Gasteiger partial charge < -0.3 is 25.0 Å². The van der Waals surface area contributed by atoms with E-state index >= 15 is 0 Å². The fourth-order valence-corrected chi connectivity index (χ4v) is 6.69. The first-order chi connectivity index (χ1) is 17.3. The molecule has 8 heteroatoms. The van der Waals surface area contributed by atoms with Crippen molar-refractivity contribution in [3.63, 3.8) is 0 Å². The molecule has 3 aliphatic heterocycles. The molecule has 0 aromatic heterocycles. The Morgan fingerprint density at radius 1 is 1.22 bits per heavy atom. The second-order valence-electron chi connectivity index (χ2n) is 11.0. The lowest BCUT2D eigenvalue weighted by molar-refractivity contribution is -0.142. The normalized spacial score (nSPS) is 36.7. The van der Waals surface area contributed by atoms with E-state index < -0.39 is 29.6 Å². The molecule has 3 heterocycles. The van der Waals surface area contributed by atoms with Crippen molar-refractivity contribution >= 4 is 23.4 Å². The number of carbonyl (C=O) groups is 3. The highest BCUT2D eigenvalue weighted by Gasteiger charge is 2.72. The molecule has 1 aromatic carbocycles. The van der Waals surface area contributed by atoms with Gasteiger partial charge in [-0.2, -0.15) is 0 Å². The van der Waals surface area contributed by atoms with Gasteiger partial charge in [0.05, 0.1) is 24.5 Å². The van der Waals surface area contributed by atoms with Crippen LogP contribution in [0, 0.1) is 30.6 Å².